The van der Waals surface area contributed by atoms with Crippen molar-refractivity contribution in [3.63, 3.8) is 0 Å². The molecule has 0 bridgehead atoms. The molecule has 1 fully saturated rings. The van der Waals surface area contributed by atoms with Gasteiger partial charge in [0.05, 0.1) is 11.6 Å². The molecule has 1 saturated heterocycles. The first-order chi connectivity index (χ1) is 16.7. The fourth-order valence-electron chi connectivity index (χ4n) is 4.39. The highest BCUT2D eigenvalue weighted by atomic mass is 16.3. The van der Waals surface area contributed by atoms with Crippen LogP contribution in [-0.4, -0.2) is 22.7 Å². The van der Waals surface area contributed by atoms with Gasteiger partial charge in [-0.15, -0.1) is 0 Å². The lowest BCUT2D eigenvalue weighted by atomic mass is 9.92. The van der Waals surface area contributed by atoms with Gasteiger partial charge in [-0.2, -0.15) is 0 Å². The van der Waals surface area contributed by atoms with Crippen molar-refractivity contribution in [3.05, 3.63) is 100 Å². The molecule has 1 heterocycles. The zero-order valence-electron chi connectivity index (χ0n) is 20.3. The van der Waals surface area contributed by atoms with E-state index in [2.05, 4.69) is 12.2 Å². The summed E-state index contributed by atoms with van der Waals surface area (Å²) < 4.78 is 0. The van der Waals surface area contributed by atoms with Crippen molar-refractivity contribution in [2.45, 2.75) is 40.2 Å². The molecule has 35 heavy (non-hydrogen) atoms. The van der Waals surface area contributed by atoms with Gasteiger partial charge in [0.2, 0.25) is 5.91 Å². The summed E-state index contributed by atoms with van der Waals surface area (Å²) >= 11 is 0. The number of carbonyl (C=O) groups is 3. The van der Waals surface area contributed by atoms with Gasteiger partial charge in [0, 0.05) is 23.9 Å². The lowest BCUT2D eigenvalue weighted by Crippen LogP contribution is -2.29. The Labute approximate surface area is 204 Å². The second-order valence-corrected chi connectivity index (χ2v) is 8.81. The lowest BCUT2D eigenvalue weighted by Gasteiger charge is -2.26. The molecule has 1 unspecified atom stereocenters. The van der Waals surface area contributed by atoms with Crippen molar-refractivity contribution in [2.75, 3.05) is 10.2 Å². The molecule has 1 atom stereocenters. The van der Waals surface area contributed by atoms with Gasteiger partial charge in [0.15, 0.2) is 0 Å². The van der Waals surface area contributed by atoms with Gasteiger partial charge in [-0.05, 0) is 67.3 Å². The number of benzene rings is 3. The second kappa shape index (κ2) is 9.58. The largest absolute Gasteiger partial charge is 0.507 e. The Morgan fingerprint density at radius 2 is 1.63 bits per heavy atom. The number of aryl methyl sites for hydroxylation is 3. The van der Waals surface area contributed by atoms with Crippen LogP contribution in [0.2, 0.25) is 0 Å². The van der Waals surface area contributed by atoms with E-state index >= 15 is 0 Å². The summed E-state index contributed by atoms with van der Waals surface area (Å²) in [5.74, 6) is -1.85. The van der Waals surface area contributed by atoms with Gasteiger partial charge < -0.3 is 10.4 Å². The predicted octanol–water partition coefficient (Wildman–Crippen LogP) is 5.45. The third kappa shape index (κ3) is 4.60. The molecule has 1 aliphatic heterocycles. The van der Waals surface area contributed by atoms with Crippen LogP contribution in [0.15, 0.2) is 72.3 Å². The molecule has 0 radical (unpaired) electrons. The van der Waals surface area contributed by atoms with E-state index in [1.165, 1.54) is 11.8 Å². The standard InChI is InChI=1S/C29H28N2O4/c1-5-20-8-10-21(11-9-20)26-25(27(33)24-16-17(2)6-7-18(24)3)28(34)29(35)31(26)23-14-12-22(13-15-23)30-19(4)32/h6-16,26,33H,5H2,1-4H3,(H,30,32)/b27-25+. The number of rotatable bonds is 5. The minimum Gasteiger partial charge on any atom is -0.507 e. The number of aliphatic hydroxyl groups excluding tert-OH is 1. The SMILES string of the molecule is CCc1ccc(C2/C(=C(\O)c3cc(C)ccc3C)C(=O)C(=O)N2c2ccc(NC(C)=O)cc2)cc1. The van der Waals surface area contributed by atoms with Crippen LogP contribution >= 0.6 is 0 Å². The van der Waals surface area contributed by atoms with Gasteiger partial charge in [0.25, 0.3) is 11.7 Å². The minimum atomic E-state index is -0.799. The van der Waals surface area contributed by atoms with E-state index < -0.39 is 17.7 Å². The van der Waals surface area contributed by atoms with Crippen LogP contribution in [0.4, 0.5) is 11.4 Å². The van der Waals surface area contributed by atoms with E-state index in [4.69, 9.17) is 0 Å². The number of aliphatic hydroxyl groups is 1. The summed E-state index contributed by atoms with van der Waals surface area (Å²) in [6, 6.07) is 19.3. The van der Waals surface area contributed by atoms with Gasteiger partial charge in [-0.1, -0.05) is 48.9 Å². The summed E-state index contributed by atoms with van der Waals surface area (Å²) in [7, 11) is 0. The van der Waals surface area contributed by atoms with Crippen molar-refractivity contribution >= 4 is 34.7 Å². The fourth-order valence-corrected chi connectivity index (χ4v) is 4.39. The average molecular weight is 469 g/mol. The topological polar surface area (TPSA) is 86.7 Å². The van der Waals surface area contributed by atoms with Crippen molar-refractivity contribution in [3.8, 4) is 0 Å². The fraction of sp³-hybridized carbons (Fsp3) is 0.207. The first-order valence-corrected chi connectivity index (χ1v) is 11.6. The maximum absolute atomic E-state index is 13.4. The summed E-state index contributed by atoms with van der Waals surface area (Å²) in [5, 5.41) is 14.1. The van der Waals surface area contributed by atoms with Gasteiger partial charge in [-0.25, -0.2) is 0 Å². The van der Waals surface area contributed by atoms with E-state index in [1.54, 1.807) is 24.3 Å². The third-order valence-electron chi connectivity index (χ3n) is 6.26. The van der Waals surface area contributed by atoms with Gasteiger partial charge >= 0.3 is 0 Å². The molecule has 6 heteroatoms. The van der Waals surface area contributed by atoms with Crippen LogP contribution < -0.4 is 10.2 Å². The van der Waals surface area contributed by atoms with Crippen LogP contribution in [-0.2, 0) is 20.8 Å². The number of hydrogen-bond donors (Lipinski definition) is 2. The first-order valence-electron chi connectivity index (χ1n) is 11.6. The average Bonchev–Trinajstić information content (AvgIpc) is 3.11. The third-order valence-corrected chi connectivity index (χ3v) is 6.26. The Hall–Kier alpha value is -4.19. The summed E-state index contributed by atoms with van der Waals surface area (Å²) in [6.07, 6.45) is 0.855. The Kier molecular flexibility index (Phi) is 6.56. The number of nitrogens with zero attached hydrogens (tertiary/aromatic N) is 1. The Morgan fingerprint density at radius 3 is 2.23 bits per heavy atom. The maximum atomic E-state index is 13.4. The molecule has 0 aliphatic carbocycles. The Bertz CT molecular complexity index is 1340. The lowest BCUT2D eigenvalue weighted by molar-refractivity contribution is -0.132. The van der Waals surface area contributed by atoms with E-state index in [1.807, 2.05) is 56.3 Å². The molecule has 2 N–H and O–H groups in total. The quantitative estimate of drug-likeness (QED) is 0.296. The molecular formula is C29H28N2O4. The van der Waals surface area contributed by atoms with Crippen LogP contribution in [0.5, 0.6) is 0 Å². The van der Waals surface area contributed by atoms with E-state index in [-0.39, 0.29) is 17.2 Å². The molecular weight excluding hydrogens is 440 g/mol. The highest BCUT2D eigenvalue weighted by Gasteiger charge is 2.47. The second-order valence-electron chi connectivity index (χ2n) is 8.81. The van der Waals surface area contributed by atoms with Crippen molar-refractivity contribution in [1.82, 2.24) is 0 Å². The van der Waals surface area contributed by atoms with Crippen LogP contribution in [0, 0.1) is 13.8 Å². The summed E-state index contributed by atoms with van der Waals surface area (Å²) in [5.41, 5.74) is 5.24. The first kappa shape index (κ1) is 24.0. The molecule has 6 nitrogen and oxygen atoms in total. The Morgan fingerprint density at radius 1 is 0.971 bits per heavy atom. The van der Waals surface area contributed by atoms with Crippen molar-refractivity contribution in [2.24, 2.45) is 0 Å². The van der Waals surface area contributed by atoms with Crippen molar-refractivity contribution in [1.29, 1.82) is 0 Å². The van der Waals surface area contributed by atoms with E-state index in [9.17, 15) is 19.5 Å². The molecule has 4 rings (SSSR count). The highest BCUT2D eigenvalue weighted by molar-refractivity contribution is 6.51. The summed E-state index contributed by atoms with van der Waals surface area (Å²) in [4.78, 5) is 39.5. The molecule has 3 aromatic carbocycles. The van der Waals surface area contributed by atoms with E-state index in [0.717, 1.165) is 28.7 Å². The molecule has 0 aromatic heterocycles. The number of Topliss-reactive ketones (excluding diaryl/α,β-unsaturated/α-hetero) is 1. The molecule has 2 amide bonds. The molecule has 3 aromatic rings. The predicted molar refractivity (Wildman–Crippen MR) is 137 cm³/mol. The highest BCUT2D eigenvalue weighted by Crippen LogP contribution is 2.42. The maximum Gasteiger partial charge on any atom is 0.300 e. The van der Waals surface area contributed by atoms with Gasteiger partial charge in [-0.3, -0.25) is 19.3 Å². The van der Waals surface area contributed by atoms with Crippen LogP contribution in [0.1, 0.15) is 47.7 Å². The number of nitrogens with one attached hydrogen (secondary N) is 1. The normalized spacial score (nSPS) is 17.0. The minimum absolute atomic E-state index is 0.0545. The number of ketones is 1. The summed E-state index contributed by atoms with van der Waals surface area (Å²) in [6.45, 7) is 7.24. The Balaban J connectivity index is 1.90. The smallest absolute Gasteiger partial charge is 0.300 e. The number of amides is 2. The molecule has 0 spiro atoms. The molecule has 0 saturated carbocycles. The van der Waals surface area contributed by atoms with Crippen molar-refractivity contribution < 1.29 is 19.5 Å². The number of anilines is 2. The zero-order chi connectivity index (χ0) is 25.3. The van der Waals surface area contributed by atoms with E-state index in [0.29, 0.717) is 16.9 Å². The van der Waals surface area contributed by atoms with Crippen LogP contribution in [0.25, 0.3) is 5.76 Å². The molecule has 178 valence electrons. The van der Waals surface area contributed by atoms with Gasteiger partial charge in [0.1, 0.15) is 5.76 Å². The van der Waals surface area contributed by atoms with Crippen LogP contribution in [0.3, 0.4) is 0 Å². The number of carbonyl (C=O) groups excluding carboxylic acids is 3. The zero-order valence-corrected chi connectivity index (χ0v) is 20.3. The monoisotopic (exact) mass is 468 g/mol. The number of hydrogen-bond acceptors (Lipinski definition) is 4. The molecule has 1 aliphatic rings.